The normalized spacial score (nSPS) is 11.0. The molecule has 1 aromatic heterocycles. The van der Waals surface area contributed by atoms with Crippen molar-refractivity contribution < 1.29 is 4.79 Å². The number of carbonyl (C=O) groups is 1. The molecular formula is C19H19N3O2. The largest absolute Gasteiger partial charge is 0.329 e. The van der Waals surface area contributed by atoms with E-state index >= 15 is 0 Å². The Morgan fingerprint density at radius 3 is 2.71 bits per heavy atom. The minimum Gasteiger partial charge on any atom is -0.329 e. The molecule has 0 unspecified atom stereocenters. The van der Waals surface area contributed by atoms with Crippen LogP contribution in [0.2, 0.25) is 0 Å². The highest BCUT2D eigenvalue weighted by molar-refractivity contribution is 5.97. The summed E-state index contributed by atoms with van der Waals surface area (Å²) in [5, 5.41) is 4.47. The number of likely N-dealkylation sites (N-methyl/N-ethyl adjacent to an activating group) is 1. The second kappa shape index (κ2) is 6.68. The van der Waals surface area contributed by atoms with Crippen LogP contribution in [0.3, 0.4) is 0 Å². The average Bonchev–Trinajstić information content (AvgIpc) is 2.54. The first kappa shape index (κ1) is 16.0. The lowest BCUT2D eigenvalue weighted by atomic mass is 10.0. The van der Waals surface area contributed by atoms with Crippen LogP contribution in [0.4, 0.5) is 5.69 Å². The summed E-state index contributed by atoms with van der Waals surface area (Å²) in [7, 11) is 3.71. The number of hydrogen-bond acceptors (Lipinski definition) is 3. The molecule has 1 heterocycles. The highest BCUT2D eigenvalue weighted by atomic mass is 16.2. The minimum atomic E-state index is -0.105. The number of anilines is 1. The topological polar surface area (TPSA) is 65.2 Å². The van der Waals surface area contributed by atoms with E-state index in [9.17, 15) is 9.59 Å². The Balaban J connectivity index is 2.01. The molecule has 0 spiro atoms. The lowest BCUT2D eigenvalue weighted by molar-refractivity contribution is -0.116. The molecule has 24 heavy (non-hydrogen) atoms. The van der Waals surface area contributed by atoms with Crippen LogP contribution in [0.5, 0.6) is 0 Å². The molecule has 0 aliphatic rings. The van der Waals surface area contributed by atoms with Gasteiger partial charge in [0.1, 0.15) is 0 Å². The van der Waals surface area contributed by atoms with Crippen molar-refractivity contribution in [3.05, 3.63) is 65.1 Å². The third kappa shape index (κ3) is 3.36. The van der Waals surface area contributed by atoms with Gasteiger partial charge >= 0.3 is 0 Å². The first-order valence-electron chi connectivity index (χ1n) is 7.70. The number of nitrogens with one attached hydrogen (secondary N) is 2. The van der Waals surface area contributed by atoms with Crippen LogP contribution in [0, 0.1) is 0 Å². The molecule has 5 nitrogen and oxygen atoms in total. The Morgan fingerprint density at radius 1 is 1.12 bits per heavy atom. The number of carbonyl (C=O) groups excluding carboxylic acids is 1. The van der Waals surface area contributed by atoms with Crippen LogP contribution >= 0.6 is 0 Å². The summed E-state index contributed by atoms with van der Waals surface area (Å²) in [6, 6.07) is 15.2. The molecule has 0 saturated heterocycles. The summed E-state index contributed by atoms with van der Waals surface area (Å²) in [6.07, 6.45) is 1.64. The smallest absolute Gasteiger partial charge is 0.255 e. The summed E-state index contributed by atoms with van der Waals surface area (Å²) >= 11 is 0. The molecule has 2 aromatic carbocycles. The molecule has 0 saturated carbocycles. The van der Waals surface area contributed by atoms with E-state index in [1.165, 1.54) is 0 Å². The fourth-order valence-corrected chi connectivity index (χ4v) is 2.68. The van der Waals surface area contributed by atoms with E-state index in [2.05, 4.69) is 10.3 Å². The molecule has 1 amide bonds. The number of amides is 1. The monoisotopic (exact) mass is 321 g/mol. The van der Waals surface area contributed by atoms with E-state index in [-0.39, 0.29) is 11.5 Å². The molecule has 0 radical (unpaired) electrons. The van der Waals surface area contributed by atoms with Gasteiger partial charge in [0.2, 0.25) is 5.91 Å². The Bertz CT molecular complexity index is 944. The van der Waals surface area contributed by atoms with Crippen LogP contribution < -0.4 is 10.9 Å². The third-order valence-corrected chi connectivity index (χ3v) is 3.75. The summed E-state index contributed by atoms with van der Waals surface area (Å²) in [5.74, 6) is -0.0651. The molecule has 0 aliphatic carbocycles. The molecule has 3 rings (SSSR count). The van der Waals surface area contributed by atoms with Crippen LogP contribution in [0.25, 0.3) is 21.9 Å². The Labute approximate surface area is 139 Å². The maximum absolute atomic E-state index is 12.1. The van der Waals surface area contributed by atoms with E-state index < -0.39 is 0 Å². The molecule has 122 valence electrons. The van der Waals surface area contributed by atoms with Crippen molar-refractivity contribution in [3.8, 4) is 11.1 Å². The van der Waals surface area contributed by atoms with Crippen molar-refractivity contribution in [1.82, 2.24) is 9.88 Å². The van der Waals surface area contributed by atoms with Gasteiger partial charge in [0, 0.05) is 22.8 Å². The van der Waals surface area contributed by atoms with Gasteiger partial charge in [-0.25, -0.2) is 0 Å². The molecule has 2 N–H and O–H groups in total. The van der Waals surface area contributed by atoms with Crippen molar-refractivity contribution in [2.75, 3.05) is 26.0 Å². The Hall–Kier alpha value is -2.92. The van der Waals surface area contributed by atoms with Gasteiger partial charge in [-0.1, -0.05) is 24.3 Å². The lowest BCUT2D eigenvalue weighted by Crippen LogP contribution is -2.27. The number of aromatic amines is 1. The number of aromatic nitrogens is 1. The van der Waals surface area contributed by atoms with Crippen LogP contribution in [-0.2, 0) is 4.79 Å². The van der Waals surface area contributed by atoms with Gasteiger partial charge < -0.3 is 15.2 Å². The van der Waals surface area contributed by atoms with Gasteiger partial charge in [-0.2, -0.15) is 0 Å². The fraction of sp³-hybridized carbons (Fsp3) is 0.158. The number of nitrogens with zero attached hydrogens (tertiary/aromatic N) is 1. The lowest BCUT2D eigenvalue weighted by Gasteiger charge is -2.14. The number of hydrogen-bond donors (Lipinski definition) is 2. The average molecular weight is 321 g/mol. The second-order valence-electron chi connectivity index (χ2n) is 5.94. The Kier molecular flexibility index (Phi) is 4.44. The molecule has 0 fully saturated rings. The standard InChI is InChI=1S/C19H19N3O2/c1-22(2)12-18(23)21-17-6-4-3-5-15(17)13-7-8-16-14(11-13)9-10-20-19(16)24/h3-11H,12H2,1-2H3,(H,20,24)(H,21,23). The zero-order valence-electron chi connectivity index (χ0n) is 13.7. The Morgan fingerprint density at radius 2 is 1.92 bits per heavy atom. The fourth-order valence-electron chi connectivity index (χ4n) is 2.68. The van der Waals surface area contributed by atoms with Crippen molar-refractivity contribution in [1.29, 1.82) is 0 Å². The maximum atomic E-state index is 12.1. The summed E-state index contributed by atoms with van der Waals surface area (Å²) in [5.41, 5.74) is 2.53. The molecular weight excluding hydrogens is 302 g/mol. The number of benzene rings is 2. The molecule has 0 atom stereocenters. The molecule has 0 bridgehead atoms. The summed E-state index contributed by atoms with van der Waals surface area (Å²) < 4.78 is 0. The highest BCUT2D eigenvalue weighted by Crippen LogP contribution is 2.29. The van der Waals surface area contributed by atoms with E-state index in [0.29, 0.717) is 11.9 Å². The number of fused-ring (bicyclic) bond motifs is 1. The summed E-state index contributed by atoms with van der Waals surface area (Å²) in [6.45, 7) is 0.321. The number of H-pyrrole nitrogens is 1. The number of para-hydroxylation sites is 1. The van der Waals surface area contributed by atoms with Gasteiger partial charge in [-0.3, -0.25) is 9.59 Å². The van der Waals surface area contributed by atoms with E-state index in [0.717, 1.165) is 22.2 Å². The van der Waals surface area contributed by atoms with Crippen molar-refractivity contribution >= 4 is 22.4 Å². The first-order chi connectivity index (χ1) is 11.5. The predicted molar refractivity (Wildman–Crippen MR) is 97.2 cm³/mol. The zero-order valence-corrected chi connectivity index (χ0v) is 13.7. The SMILES string of the molecule is CN(C)CC(=O)Nc1ccccc1-c1ccc2c(=O)[nH]ccc2c1. The van der Waals surface area contributed by atoms with E-state index in [4.69, 9.17) is 0 Å². The summed E-state index contributed by atoms with van der Waals surface area (Å²) in [4.78, 5) is 28.4. The van der Waals surface area contributed by atoms with Crippen LogP contribution in [-0.4, -0.2) is 36.4 Å². The maximum Gasteiger partial charge on any atom is 0.255 e. The highest BCUT2D eigenvalue weighted by Gasteiger charge is 2.10. The zero-order chi connectivity index (χ0) is 17.1. The third-order valence-electron chi connectivity index (χ3n) is 3.75. The first-order valence-corrected chi connectivity index (χ1v) is 7.70. The van der Waals surface area contributed by atoms with Crippen molar-refractivity contribution in [2.24, 2.45) is 0 Å². The predicted octanol–water partition coefficient (Wildman–Crippen LogP) is 2.70. The van der Waals surface area contributed by atoms with Gasteiger partial charge in [-0.05, 0) is 49.3 Å². The van der Waals surface area contributed by atoms with Crippen LogP contribution in [0.15, 0.2) is 59.5 Å². The van der Waals surface area contributed by atoms with Gasteiger partial charge in [0.15, 0.2) is 0 Å². The second-order valence-corrected chi connectivity index (χ2v) is 5.94. The molecule has 5 heteroatoms. The van der Waals surface area contributed by atoms with Crippen LogP contribution in [0.1, 0.15) is 0 Å². The minimum absolute atomic E-state index is 0.0651. The van der Waals surface area contributed by atoms with Gasteiger partial charge in [-0.15, -0.1) is 0 Å². The number of rotatable bonds is 4. The molecule has 3 aromatic rings. The van der Waals surface area contributed by atoms with Crippen molar-refractivity contribution in [2.45, 2.75) is 0 Å². The number of pyridine rings is 1. The van der Waals surface area contributed by atoms with E-state index in [1.54, 1.807) is 6.20 Å². The molecule has 0 aliphatic heterocycles. The van der Waals surface area contributed by atoms with E-state index in [1.807, 2.05) is 67.5 Å². The van der Waals surface area contributed by atoms with Gasteiger partial charge in [0.05, 0.1) is 6.54 Å². The quantitative estimate of drug-likeness (QED) is 0.776. The van der Waals surface area contributed by atoms with Gasteiger partial charge in [0.25, 0.3) is 5.56 Å². The van der Waals surface area contributed by atoms with Crippen molar-refractivity contribution in [3.63, 3.8) is 0 Å².